The lowest BCUT2D eigenvalue weighted by Gasteiger charge is -2.20. The Morgan fingerprint density at radius 2 is 1.59 bits per heavy atom. The molecular weight excluding hydrogens is 740 g/mol. The van der Waals surface area contributed by atoms with E-state index in [1.165, 1.54) is 42.1 Å². The topological polar surface area (TPSA) is 146 Å². The van der Waals surface area contributed by atoms with Gasteiger partial charge < -0.3 is 20.5 Å². The van der Waals surface area contributed by atoms with E-state index < -0.39 is 30.4 Å². The normalized spacial score (nSPS) is 10.9. The Hall–Kier alpha value is -4.91. The Labute approximate surface area is 312 Å². The van der Waals surface area contributed by atoms with Crippen LogP contribution in [0.3, 0.4) is 0 Å². The number of ether oxygens (including phenoxy) is 2. The number of nitrogens with two attached hydrogens (primary N) is 1. The SMILES string of the molecule is CNCC(=O)OCc1cccnc1N(C)C(=O)OCn1c(N)c(C(=O)c2ccc(Cl)c(Cl)c2)c(-c2ccc(Cl)cc2Cl)c1C(=O)c1ccccc1. The van der Waals surface area contributed by atoms with Gasteiger partial charge in [-0.3, -0.25) is 23.9 Å². The van der Waals surface area contributed by atoms with Gasteiger partial charge in [-0.1, -0.05) is 88.9 Å². The zero-order chi connectivity index (χ0) is 36.8. The van der Waals surface area contributed by atoms with Crippen LogP contribution in [0.5, 0.6) is 0 Å². The molecule has 15 heteroatoms. The van der Waals surface area contributed by atoms with Crippen molar-refractivity contribution in [2.24, 2.45) is 0 Å². The molecule has 3 aromatic carbocycles. The Morgan fingerprint density at radius 1 is 0.843 bits per heavy atom. The van der Waals surface area contributed by atoms with Crippen LogP contribution in [0.15, 0.2) is 85.1 Å². The van der Waals surface area contributed by atoms with Crippen LogP contribution in [-0.4, -0.2) is 53.8 Å². The first-order valence-corrected chi connectivity index (χ1v) is 16.7. The van der Waals surface area contributed by atoms with E-state index >= 15 is 0 Å². The highest BCUT2D eigenvalue weighted by molar-refractivity contribution is 6.42. The first-order chi connectivity index (χ1) is 24.4. The highest BCUT2D eigenvalue weighted by Crippen LogP contribution is 2.42. The average Bonchev–Trinajstić information content (AvgIpc) is 3.41. The molecular formula is C36H29Cl4N5O6. The van der Waals surface area contributed by atoms with Gasteiger partial charge in [-0.25, -0.2) is 9.78 Å². The van der Waals surface area contributed by atoms with Crippen LogP contribution in [0, 0.1) is 0 Å². The molecule has 3 N–H and O–H groups in total. The minimum atomic E-state index is -0.897. The molecule has 0 saturated heterocycles. The molecule has 0 aliphatic carbocycles. The predicted octanol–water partition coefficient (Wildman–Crippen LogP) is 7.70. The molecule has 5 rings (SSSR count). The Morgan fingerprint density at radius 3 is 2.27 bits per heavy atom. The fourth-order valence-corrected chi connectivity index (χ4v) is 6.00. The van der Waals surface area contributed by atoms with E-state index in [9.17, 15) is 19.2 Å². The van der Waals surface area contributed by atoms with Gasteiger partial charge in [-0.05, 0) is 43.4 Å². The summed E-state index contributed by atoms with van der Waals surface area (Å²) in [7, 11) is 3.02. The van der Waals surface area contributed by atoms with Crippen molar-refractivity contribution in [3.05, 3.63) is 133 Å². The van der Waals surface area contributed by atoms with Gasteiger partial charge in [0.2, 0.25) is 5.78 Å². The van der Waals surface area contributed by atoms with Crippen LogP contribution in [0.4, 0.5) is 16.4 Å². The van der Waals surface area contributed by atoms with Crippen LogP contribution < -0.4 is 16.0 Å². The van der Waals surface area contributed by atoms with Crippen molar-refractivity contribution >= 4 is 81.7 Å². The summed E-state index contributed by atoms with van der Waals surface area (Å²) >= 11 is 25.3. The van der Waals surface area contributed by atoms with Gasteiger partial charge in [0.15, 0.2) is 12.5 Å². The highest BCUT2D eigenvalue weighted by atomic mass is 35.5. The maximum atomic E-state index is 14.4. The lowest BCUT2D eigenvalue weighted by Crippen LogP contribution is -2.30. The van der Waals surface area contributed by atoms with Crippen molar-refractivity contribution < 1.29 is 28.7 Å². The third kappa shape index (κ3) is 8.19. The summed E-state index contributed by atoms with van der Waals surface area (Å²) in [5.41, 5.74) is 7.69. The third-order valence-electron chi connectivity index (χ3n) is 7.65. The van der Waals surface area contributed by atoms with E-state index in [0.29, 0.717) is 10.6 Å². The van der Waals surface area contributed by atoms with Gasteiger partial charge in [0.25, 0.3) is 0 Å². The number of pyridine rings is 1. The van der Waals surface area contributed by atoms with E-state index in [-0.39, 0.29) is 73.4 Å². The number of benzene rings is 3. The number of hydrogen-bond donors (Lipinski definition) is 2. The summed E-state index contributed by atoms with van der Waals surface area (Å²) in [6, 6.07) is 20.4. The Bertz CT molecular complexity index is 2140. The molecule has 0 unspecified atom stereocenters. The molecule has 5 aromatic rings. The molecule has 0 aliphatic heterocycles. The molecule has 0 aliphatic rings. The molecule has 0 spiro atoms. The zero-order valence-corrected chi connectivity index (χ0v) is 30.1. The summed E-state index contributed by atoms with van der Waals surface area (Å²) in [6.07, 6.45) is 0.563. The van der Waals surface area contributed by atoms with E-state index in [1.807, 2.05) is 0 Å². The van der Waals surface area contributed by atoms with Gasteiger partial charge in [0.05, 0.1) is 22.2 Å². The van der Waals surface area contributed by atoms with Crippen molar-refractivity contribution in [3.8, 4) is 11.1 Å². The number of amides is 1. The first kappa shape index (κ1) is 37.3. The maximum Gasteiger partial charge on any atom is 0.416 e. The number of esters is 1. The van der Waals surface area contributed by atoms with Crippen molar-refractivity contribution in [3.63, 3.8) is 0 Å². The number of halogens is 4. The van der Waals surface area contributed by atoms with Crippen LogP contribution >= 0.6 is 46.4 Å². The first-order valence-electron chi connectivity index (χ1n) is 15.1. The number of nitrogens with one attached hydrogen (secondary N) is 1. The van der Waals surface area contributed by atoms with Crippen molar-refractivity contribution in [2.75, 3.05) is 31.3 Å². The van der Waals surface area contributed by atoms with Crippen molar-refractivity contribution in [1.82, 2.24) is 14.9 Å². The number of nitrogen functional groups attached to an aromatic ring is 1. The highest BCUT2D eigenvalue weighted by Gasteiger charge is 2.33. The predicted molar refractivity (Wildman–Crippen MR) is 197 cm³/mol. The van der Waals surface area contributed by atoms with E-state index in [2.05, 4.69) is 10.3 Å². The molecule has 262 valence electrons. The smallest absolute Gasteiger partial charge is 0.416 e. The Kier molecular flexibility index (Phi) is 12.0. The molecule has 51 heavy (non-hydrogen) atoms. The third-order valence-corrected chi connectivity index (χ3v) is 8.94. The number of anilines is 2. The number of aromatic nitrogens is 2. The zero-order valence-electron chi connectivity index (χ0n) is 27.1. The molecule has 1 amide bonds. The van der Waals surface area contributed by atoms with Gasteiger partial charge >= 0.3 is 12.1 Å². The molecule has 0 radical (unpaired) electrons. The standard InChI is InChI=1S/C36H29Cl4N5O6/c1-42-17-28(46)50-18-22-9-6-14-43-35(22)44(2)36(49)51-19-45-31(33(48)20-7-4-3-5-8-20)29(24-12-11-23(37)16-26(24)39)30(34(45)41)32(47)21-10-13-25(38)27(40)15-21/h3-16,42H,17-19,41H2,1-2H3. The summed E-state index contributed by atoms with van der Waals surface area (Å²) in [5.74, 6) is -1.69. The molecule has 0 bridgehead atoms. The molecule has 0 saturated carbocycles. The number of nitrogens with zero attached hydrogens (tertiary/aromatic N) is 3. The second-order valence-electron chi connectivity index (χ2n) is 11.0. The molecule has 2 aromatic heterocycles. The number of likely N-dealkylation sites (N-methyl/N-ethyl adjacent to an activating group) is 1. The second-order valence-corrected chi connectivity index (χ2v) is 12.6. The van der Waals surface area contributed by atoms with Gasteiger partial charge in [0, 0.05) is 51.1 Å². The van der Waals surface area contributed by atoms with Crippen LogP contribution in [0.2, 0.25) is 20.1 Å². The lowest BCUT2D eigenvalue weighted by molar-refractivity contribution is -0.143. The quantitative estimate of drug-likeness (QED) is 0.0963. The number of hydrogen-bond acceptors (Lipinski definition) is 9. The molecule has 2 heterocycles. The molecule has 0 atom stereocenters. The summed E-state index contributed by atoms with van der Waals surface area (Å²) < 4.78 is 12.2. The minimum absolute atomic E-state index is 0.00538. The number of carbonyl (C=O) groups is 4. The van der Waals surface area contributed by atoms with E-state index in [4.69, 9.17) is 61.6 Å². The number of carbonyl (C=O) groups excluding carboxylic acids is 4. The fourth-order valence-electron chi connectivity index (χ4n) is 5.20. The number of ketones is 2. The van der Waals surface area contributed by atoms with E-state index in [1.54, 1.807) is 61.6 Å². The average molecular weight is 769 g/mol. The molecule has 11 nitrogen and oxygen atoms in total. The summed E-state index contributed by atoms with van der Waals surface area (Å²) in [6.45, 7) is -0.781. The number of rotatable bonds is 12. The fraction of sp³-hybridized carbons (Fsp3) is 0.139. The Balaban J connectivity index is 1.62. The van der Waals surface area contributed by atoms with Crippen LogP contribution in [-0.2, 0) is 27.6 Å². The second kappa shape index (κ2) is 16.4. The van der Waals surface area contributed by atoms with Crippen LogP contribution in [0.25, 0.3) is 11.1 Å². The maximum absolute atomic E-state index is 14.4. The summed E-state index contributed by atoms with van der Waals surface area (Å²) in [5, 5.41) is 3.49. The van der Waals surface area contributed by atoms with Gasteiger partial charge in [-0.15, -0.1) is 0 Å². The largest absolute Gasteiger partial charge is 0.460 e. The monoisotopic (exact) mass is 767 g/mol. The van der Waals surface area contributed by atoms with E-state index in [0.717, 1.165) is 4.90 Å². The van der Waals surface area contributed by atoms with Crippen molar-refractivity contribution in [2.45, 2.75) is 13.3 Å². The van der Waals surface area contributed by atoms with Gasteiger partial charge in [-0.2, -0.15) is 0 Å². The summed E-state index contributed by atoms with van der Waals surface area (Å²) in [4.78, 5) is 59.5. The minimum Gasteiger partial charge on any atom is -0.460 e. The van der Waals surface area contributed by atoms with Crippen molar-refractivity contribution in [1.29, 1.82) is 0 Å². The van der Waals surface area contributed by atoms with Gasteiger partial charge in [0.1, 0.15) is 23.9 Å². The lowest BCUT2D eigenvalue weighted by atomic mass is 9.93. The van der Waals surface area contributed by atoms with Crippen LogP contribution in [0.1, 0.15) is 37.5 Å². The molecule has 0 fully saturated rings.